The van der Waals surface area contributed by atoms with Crippen LogP contribution in [0, 0.1) is 30.9 Å². The first-order valence-electron chi connectivity index (χ1n) is 3.45. The molecule has 7 nitrogen and oxygen atoms in total. The largest absolute Gasteiger partial charge is 0.269 e. The Morgan fingerprint density at radius 3 is 1.40 bits per heavy atom. The average molecular weight is 227 g/mol. The molecule has 0 amide bonds. The molecule has 0 aromatic heterocycles. The SMILES string of the molecule is N#CS.O=[N+]([O-])c1ccc([N+](=O)[O-])cc1. The Morgan fingerprint density at radius 2 is 1.27 bits per heavy atom. The maximum atomic E-state index is 10.1. The number of non-ortho nitro benzene ring substituents is 2. The Morgan fingerprint density at radius 1 is 1.07 bits per heavy atom. The summed E-state index contributed by atoms with van der Waals surface area (Å²) in [6.07, 6.45) is 0. The van der Waals surface area contributed by atoms with E-state index in [4.69, 9.17) is 5.26 Å². The van der Waals surface area contributed by atoms with E-state index < -0.39 is 9.85 Å². The Labute approximate surface area is 89.7 Å². The molecule has 78 valence electrons. The molecule has 0 atom stereocenters. The van der Waals surface area contributed by atoms with E-state index in [2.05, 4.69) is 12.6 Å². The second-order valence-electron chi connectivity index (χ2n) is 2.13. The van der Waals surface area contributed by atoms with Crippen LogP contribution >= 0.6 is 12.6 Å². The van der Waals surface area contributed by atoms with Crippen LogP contribution in [0.15, 0.2) is 24.3 Å². The van der Waals surface area contributed by atoms with Crippen molar-refractivity contribution in [2.45, 2.75) is 0 Å². The maximum Gasteiger partial charge on any atom is 0.269 e. The molecule has 0 fully saturated rings. The van der Waals surface area contributed by atoms with Crippen molar-refractivity contribution >= 4 is 24.0 Å². The fourth-order valence-corrected chi connectivity index (χ4v) is 0.696. The molecule has 8 heteroatoms. The van der Waals surface area contributed by atoms with Gasteiger partial charge in [0.25, 0.3) is 11.4 Å². The van der Waals surface area contributed by atoms with Gasteiger partial charge in [0.1, 0.15) is 5.40 Å². The molecule has 0 saturated heterocycles. The van der Waals surface area contributed by atoms with Crippen LogP contribution in [-0.2, 0) is 0 Å². The Hall–Kier alpha value is -2.14. The van der Waals surface area contributed by atoms with Crippen LogP contribution in [0.25, 0.3) is 0 Å². The van der Waals surface area contributed by atoms with Gasteiger partial charge in [-0.2, -0.15) is 5.26 Å². The topological polar surface area (TPSA) is 110 Å². The zero-order chi connectivity index (χ0) is 11.8. The van der Waals surface area contributed by atoms with Crippen LogP contribution in [0.4, 0.5) is 11.4 Å². The number of nitro benzene ring substituents is 2. The van der Waals surface area contributed by atoms with Crippen molar-refractivity contribution in [2.75, 3.05) is 0 Å². The Kier molecular flexibility index (Phi) is 5.43. The maximum absolute atomic E-state index is 10.1. The molecule has 0 aliphatic heterocycles. The van der Waals surface area contributed by atoms with E-state index in [1.54, 1.807) is 0 Å². The number of nitriles is 1. The molecule has 0 saturated carbocycles. The summed E-state index contributed by atoms with van der Waals surface area (Å²) < 4.78 is 0. The second kappa shape index (κ2) is 6.33. The molecule has 1 aromatic rings. The second-order valence-corrected chi connectivity index (χ2v) is 2.33. The predicted octanol–water partition coefficient (Wildman–Crippen LogP) is 1.90. The molecule has 1 aromatic carbocycles. The van der Waals surface area contributed by atoms with Crippen LogP contribution in [0.3, 0.4) is 0 Å². The van der Waals surface area contributed by atoms with E-state index >= 15 is 0 Å². The monoisotopic (exact) mass is 227 g/mol. The number of hydrogen-bond acceptors (Lipinski definition) is 6. The van der Waals surface area contributed by atoms with Gasteiger partial charge in [-0.05, 0) is 0 Å². The van der Waals surface area contributed by atoms with Gasteiger partial charge in [-0.15, -0.1) is 0 Å². The van der Waals surface area contributed by atoms with E-state index in [1.165, 1.54) is 5.40 Å². The number of nitro groups is 2. The quantitative estimate of drug-likeness (QED) is 0.359. The lowest BCUT2D eigenvalue weighted by atomic mass is 10.3. The predicted molar refractivity (Wildman–Crippen MR) is 54.3 cm³/mol. The van der Waals surface area contributed by atoms with Gasteiger partial charge in [0, 0.05) is 24.3 Å². The standard InChI is InChI=1S/C6H4N2O4.CHNS/c9-7(10)5-1-2-6(4-3-5)8(11)12;2-1-3/h1-4H;3H. The van der Waals surface area contributed by atoms with E-state index in [1.807, 2.05) is 0 Å². The normalized spacial score (nSPS) is 8.00. The number of nitrogens with zero attached hydrogens (tertiary/aromatic N) is 3. The summed E-state index contributed by atoms with van der Waals surface area (Å²) >= 11 is 3.09. The first-order chi connectivity index (χ1) is 7.02. The summed E-state index contributed by atoms with van der Waals surface area (Å²) in [6, 6.07) is 4.38. The number of hydrogen-bond donors (Lipinski definition) is 1. The van der Waals surface area contributed by atoms with Gasteiger partial charge in [-0.25, -0.2) is 0 Å². The van der Waals surface area contributed by atoms with Crippen molar-refractivity contribution in [1.82, 2.24) is 0 Å². The molecular formula is C7H5N3O4S. The number of thiol groups is 1. The molecule has 0 aliphatic rings. The lowest BCUT2D eigenvalue weighted by Crippen LogP contribution is -1.90. The van der Waals surface area contributed by atoms with Crippen molar-refractivity contribution < 1.29 is 9.85 Å². The highest BCUT2D eigenvalue weighted by Gasteiger charge is 2.08. The lowest BCUT2D eigenvalue weighted by molar-refractivity contribution is -0.389. The molecule has 0 spiro atoms. The van der Waals surface area contributed by atoms with Crippen molar-refractivity contribution in [1.29, 1.82) is 5.26 Å². The van der Waals surface area contributed by atoms with Crippen molar-refractivity contribution in [3.63, 3.8) is 0 Å². The summed E-state index contributed by atoms with van der Waals surface area (Å²) in [7, 11) is 0. The smallest absolute Gasteiger partial charge is 0.258 e. The molecule has 0 radical (unpaired) electrons. The van der Waals surface area contributed by atoms with Crippen LogP contribution < -0.4 is 0 Å². The first kappa shape index (κ1) is 12.9. The lowest BCUT2D eigenvalue weighted by Gasteiger charge is -1.90. The zero-order valence-corrected chi connectivity index (χ0v) is 8.13. The van der Waals surface area contributed by atoms with Crippen molar-refractivity contribution in [3.8, 4) is 5.40 Å². The minimum Gasteiger partial charge on any atom is -0.258 e. The summed E-state index contributed by atoms with van der Waals surface area (Å²) in [4.78, 5) is 19.0. The zero-order valence-electron chi connectivity index (χ0n) is 7.23. The molecule has 0 unspecified atom stereocenters. The fraction of sp³-hybridized carbons (Fsp3) is 0. The highest BCUT2D eigenvalue weighted by atomic mass is 32.1. The molecule has 15 heavy (non-hydrogen) atoms. The molecule has 1 rings (SSSR count). The van der Waals surface area contributed by atoms with Gasteiger partial charge >= 0.3 is 0 Å². The fourth-order valence-electron chi connectivity index (χ4n) is 0.696. The van der Waals surface area contributed by atoms with Gasteiger partial charge in [0.15, 0.2) is 0 Å². The summed E-state index contributed by atoms with van der Waals surface area (Å²) in [5, 5.41) is 28.9. The van der Waals surface area contributed by atoms with Gasteiger partial charge in [-0.3, -0.25) is 20.2 Å². The number of benzene rings is 1. The number of thiocyanates is 1. The number of rotatable bonds is 2. The molecule has 0 N–H and O–H groups in total. The van der Waals surface area contributed by atoms with E-state index in [0.29, 0.717) is 0 Å². The highest BCUT2D eigenvalue weighted by molar-refractivity contribution is 7.85. The third kappa shape index (κ3) is 4.58. The van der Waals surface area contributed by atoms with Gasteiger partial charge in [0.2, 0.25) is 0 Å². The Bertz CT molecular complexity index is 365. The molecular weight excluding hydrogens is 222 g/mol. The minimum atomic E-state index is -0.607. The van der Waals surface area contributed by atoms with Gasteiger partial charge in [0.05, 0.1) is 9.85 Å². The summed E-state index contributed by atoms with van der Waals surface area (Å²) in [5.74, 6) is 0. The molecule has 0 bridgehead atoms. The van der Waals surface area contributed by atoms with Gasteiger partial charge < -0.3 is 0 Å². The van der Waals surface area contributed by atoms with E-state index in [0.717, 1.165) is 24.3 Å². The highest BCUT2D eigenvalue weighted by Crippen LogP contribution is 2.16. The van der Waals surface area contributed by atoms with E-state index in [-0.39, 0.29) is 11.4 Å². The van der Waals surface area contributed by atoms with Crippen LogP contribution in [0.2, 0.25) is 0 Å². The van der Waals surface area contributed by atoms with Crippen LogP contribution in [0.1, 0.15) is 0 Å². The Balaban J connectivity index is 0.000000583. The minimum absolute atomic E-state index is 0.152. The van der Waals surface area contributed by atoms with Crippen LogP contribution in [0.5, 0.6) is 0 Å². The van der Waals surface area contributed by atoms with E-state index in [9.17, 15) is 20.2 Å². The third-order valence-electron chi connectivity index (χ3n) is 1.27. The third-order valence-corrected chi connectivity index (χ3v) is 1.27. The van der Waals surface area contributed by atoms with Crippen molar-refractivity contribution in [2.24, 2.45) is 0 Å². The summed E-state index contributed by atoms with van der Waals surface area (Å²) in [5.41, 5.74) is -0.304. The van der Waals surface area contributed by atoms with Gasteiger partial charge in [-0.1, -0.05) is 12.6 Å². The average Bonchev–Trinajstić information content (AvgIpc) is 2.19. The van der Waals surface area contributed by atoms with Crippen molar-refractivity contribution in [3.05, 3.63) is 44.5 Å². The molecule has 0 aliphatic carbocycles. The summed E-state index contributed by atoms with van der Waals surface area (Å²) in [6.45, 7) is 0. The molecule has 0 heterocycles. The first-order valence-corrected chi connectivity index (χ1v) is 3.89. The van der Waals surface area contributed by atoms with Crippen LogP contribution in [-0.4, -0.2) is 9.85 Å².